The lowest BCUT2D eigenvalue weighted by molar-refractivity contribution is 0.256. The molecule has 82 valence electrons. The topological polar surface area (TPSA) is 38.0 Å². The summed E-state index contributed by atoms with van der Waals surface area (Å²) in [7, 11) is 0. The van der Waals surface area contributed by atoms with Gasteiger partial charge in [-0.15, -0.1) is 0 Å². The third kappa shape index (κ3) is 3.20. The summed E-state index contributed by atoms with van der Waals surface area (Å²) in [6.07, 6.45) is 2.35. The van der Waals surface area contributed by atoms with E-state index in [1.807, 2.05) is 12.1 Å². The summed E-state index contributed by atoms with van der Waals surface area (Å²) in [4.78, 5) is 0. The fourth-order valence-corrected chi connectivity index (χ4v) is 2.10. The van der Waals surface area contributed by atoms with E-state index in [1.54, 1.807) is 0 Å². The number of benzene rings is 1. The van der Waals surface area contributed by atoms with Crippen LogP contribution in [0, 0.1) is 5.92 Å². The Morgan fingerprint density at radius 1 is 1.27 bits per heavy atom. The summed E-state index contributed by atoms with van der Waals surface area (Å²) in [5, 5.41) is 4.24. The highest BCUT2D eigenvalue weighted by atomic mass is 35.5. The van der Waals surface area contributed by atoms with Gasteiger partial charge in [-0.3, -0.25) is 0 Å². The van der Waals surface area contributed by atoms with Crippen molar-refractivity contribution in [1.82, 2.24) is 5.32 Å². The van der Waals surface area contributed by atoms with Crippen molar-refractivity contribution in [2.45, 2.75) is 25.4 Å². The highest BCUT2D eigenvalue weighted by Gasteiger charge is 2.24. The molecule has 0 amide bonds. The molecule has 0 aromatic heterocycles. The molecule has 0 bridgehead atoms. The van der Waals surface area contributed by atoms with E-state index in [-0.39, 0.29) is 0 Å². The molecule has 0 heterocycles. The molecule has 0 atom stereocenters. The highest BCUT2D eigenvalue weighted by Crippen LogP contribution is 2.24. The largest absolute Gasteiger partial charge is 0.328 e. The normalized spacial score (nSPS) is 24.9. The van der Waals surface area contributed by atoms with Gasteiger partial charge in [0.2, 0.25) is 0 Å². The molecular weight excluding hydrogens is 208 g/mol. The first-order chi connectivity index (χ1) is 7.24. The lowest BCUT2D eigenvalue weighted by Gasteiger charge is -2.32. The number of nitrogens with two attached hydrogens (primary N) is 1. The lowest BCUT2D eigenvalue weighted by atomic mass is 9.81. The summed E-state index contributed by atoms with van der Waals surface area (Å²) in [6.45, 7) is 2.00. The zero-order valence-corrected chi connectivity index (χ0v) is 9.50. The average Bonchev–Trinajstić information content (AvgIpc) is 2.18. The first-order valence-corrected chi connectivity index (χ1v) is 5.82. The number of rotatable bonds is 4. The van der Waals surface area contributed by atoms with Crippen molar-refractivity contribution >= 4 is 11.6 Å². The molecule has 15 heavy (non-hydrogen) atoms. The number of halogens is 1. The molecule has 2 nitrogen and oxygen atoms in total. The molecule has 2 rings (SSSR count). The minimum atomic E-state index is 0.451. The Kier molecular flexibility index (Phi) is 3.62. The molecule has 1 fully saturated rings. The van der Waals surface area contributed by atoms with E-state index in [0.29, 0.717) is 6.04 Å². The van der Waals surface area contributed by atoms with Gasteiger partial charge in [-0.2, -0.15) is 0 Å². The van der Waals surface area contributed by atoms with E-state index in [2.05, 4.69) is 17.4 Å². The van der Waals surface area contributed by atoms with Gasteiger partial charge in [0.05, 0.1) is 0 Å². The van der Waals surface area contributed by atoms with Crippen LogP contribution in [0.25, 0.3) is 0 Å². The Morgan fingerprint density at radius 3 is 2.53 bits per heavy atom. The van der Waals surface area contributed by atoms with Gasteiger partial charge in [0.15, 0.2) is 0 Å². The van der Waals surface area contributed by atoms with Crippen molar-refractivity contribution in [3.8, 4) is 0 Å². The van der Waals surface area contributed by atoms with E-state index in [4.69, 9.17) is 17.3 Å². The van der Waals surface area contributed by atoms with Crippen LogP contribution in [-0.2, 0) is 6.54 Å². The standard InChI is InChI=1S/C12H17ClN2/c13-11-3-1-9(2-4-11)7-15-8-10-5-12(14)6-10/h1-4,10,12,15H,5-8,14H2. The molecule has 0 unspecified atom stereocenters. The van der Waals surface area contributed by atoms with Crippen LogP contribution >= 0.6 is 11.6 Å². The fraction of sp³-hybridized carbons (Fsp3) is 0.500. The van der Waals surface area contributed by atoms with Crippen molar-refractivity contribution in [2.75, 3.05) is 6.54 Å². The van der Waals surface area contributed by atoms with Crippen LogP contribution in [0.4, 0.5) is 0 Å². The fourth-order valence-electron chi connectivity index (χ4n) is 1.98. The van der Waals surface area contributed by atoms with Crippen LogP contribution in [0.15, 0.2) is 24.3 Å². The van der Waals surface area contributed by atoms with Crippen molar-refractivity contribution in [2.24, 2.45) is 11.7 Å². The second-order valence-corrected chi connectivity index (χ2v) is 4.79. The molecule has 0 spiro atoms. The lowest BCUT2D eigenvalue weighted by Crippen LogP contribution is -2.41. The SMILES string of the molecule is NC1CC(CNCc2ccc(Cl)cc2)C1. The van der Waals surface area contributed by atoms with Crippen LogP contribution in [0.1, 0.15) is 18.4 Å². The van der Waals surface area contributed by atoms with Gasteiger partial charge in [-0.25, -0.2) is 0 Å². The maximum Gasteiger partial charge on any atom is 0.0406 e. The minimum Gasteiger partial charge on any atom is -0.328 e. The maximum absolute atomic E-state index is 5.81. The molecule has 1 aliphatic rings. The summed E-state index contributed by atoms with van der Waals surface area (Å²) < 4.78 is 0. The molecule has 3 N–H and O–H groups in total. The van der Waals surface area contributed by atoms with Gasteiger partial charge in [-0.1, -0.05) is 23.7 Å². The van der Waals surface area contributed by atoms with E-state index in [9.17, 15) is 0 Å². The molecule has 1 aromatic carbocycles. The van der Waals surface area contributed by atoms with Gasteiger partial charge in [0.1, 0.15) is 0 Å². The summed E-state index contributed by atoms with van der Waals surface area (Å²) in [5.41, 5.74) is 7.01. The Hall–Kier alpha value is -0.570. The predicted octanol–water partition coefficient (Wildman–Crippen LogP) is 2.17. The van der Waals surface area contributed by atoms with Crippen molar-refractivity contribution in [3.05, 3.63) is 34.9 Å². The van der Waals surface area contributed by atoms with E-state index in [1.165, 1.54) is 18.4 Å². The first kappa shape index (κ1) is 10.9. The molecule has 1 aliphatic carbocycles. The van der Waals surface area contributed by atoms with E-state index in [0.717, 1.165) is 24.0 Å². The molecular formula is C12H17ClN2. The minimum absolute atomic E-state index is 0.451. The third-order valence-electron chi connectivity index (χ3n) is 2.95. The van der Waals surface area contributed by atoms with Gasteiger partial charge in [0, 0.05) is 17.6 Å². The Labute approximate surface area is 95.8 Å². The predicted molar refractivity (Wildman–Crippen MR) is 63.9 cm³/mol. The number of hydrogen-bond donors (Lipinski definition) is 2. The summed E-state index contributed by atoms with van der Waals surface area (Å²) >= 11 is 5.81. The van der Waals surface area contributed by atoms with E-state index >= 15 is 0 Å². The summed E-state index contributed by atoms with van der Waals surface area (Å²) in [5.74, 6) is 0.785. The zero-order valence-electron chi connectivity index (χ0n) is 8.75. The van der Waals surface area contributed by atoms with Crippen molar-refractivity contribution in [3.63, 3.8) is 0 Å². The Bertz CT molecular complexity index is 304. The van der Waals surface area contributed by atoms with Crippen molar-refractivity contribution in [1.29, 1.82) is 0 Å². The number of hydrogen-bond acceptors (Lipinski definition) is 2. The molecule has 0 aliphatic heterocycles. The second kappa shape index (κ2) is 4.97. The smallest absolute Gasteiger partial charge is 0.0406 e. The van der Waals surface area contributed by atoms with Crippen LogP contribution in [0.2, 0.25) is 5.02 Å². The molecule has 0 saturated heterocycles. The molecule has 1 aromatic rings. The Balaban J connectivity index is 1.67. The second-order valence-electron chi connectivity index (χ2n) is 4.35. The quantitative estimate of drug-likeness (QED) is 0.823. The monoisotopic (exact) mass is 224 g/mol. The van der Waals surface area contributed by atoms with E-state index < -0.39 is 0 Å². The highest BCUT2D eigenvalue weighted by molar-refractivity contribution is 6.30. The maximum atomic E-state index is 5.81. The Morgan fingerprint density at radius 2 is 1.93 bits per heavy atom. The van der Waals surface area contributed by atoms with Gasteiger partial charge in [-0.05, 0) is 43.0 Å². The molecule has 1 saturated carbocycles. The van der Waals surface area contributed by atoms with Gasteiger partial charge in [0.25, 0.3) is 0 Å². The molecule has 3 heteroatoms. The van der Waals surface area contributed by atoms with Crippen LogP contribution in [0.5, 0.6) is 0 Å². The zero-order chi connectivity index (χ0) is 10.7. The van der Waals surface area contributed by atoms with Gasteiger partial charge >= 0.3 is 0 Å². The summed E-state index contributed by atoms with van der Waals surface area (Å²) in [6, 6.07) is 8.42. The van der Waals surface area contributed by atoms with Crippen LogP contribution in [0.3, 0.4) is 0 Å². The third-order valence-corrected chi connectivity index (χ3v) is 3.20. The van der Waals surface area contributed by atoms with Crippen LogP contribution in [-0.4, -0.2) is 12.6 Å². The molecule has 0 radical (unpaired) electrons. The van der Waals surface area contributed by atoms with Crippen molar-refractivity contribution < 1.29 is 0 Å². The number of nitrogens with one attached hydrogen (secondary N) is 1. The van der Waals surface area contributed by atoms with Gasteiger partial charge < -0.3 is 11.1 Å². The average molecular weight is 225 g/mol. The first-order valence-electron chi connectivity index (χ1n) is 5.45. The van der Waals surface area contributed by atoms with Crippen LogP contribution < -0.4 is 11.1 Å².